The summed E-state index contributed by atoms with van der Waals surface area (Å²) in [5.41, 5.74) is 1.77. The number of urea groups is 1. The van der Waals surface area contributed by atoms with Crippen LogP contribution in [0.5, 0.6) is 0 Å². The highest BCUT2D eigenvalue weighted by Crippen LogP contribution is 2.15. The quantitative estimate of drug-likeness (QED) is 0.912. The lowest BCUT2D eigenvalue weighted by molar-refractivity contribution is -0.124. The minimum absolute atomic E-state index is 0.0976. The van der Waals surface area contributed by atoms with E-state index >= 15 is 0 Å². The molecule has 2 aromatic carbocycles. The van der Waals surface area contributed by atoms with Crippen molar-refractivity contribution in [1.82, 2.24) is 10.2 Å². The number of hydrogen-bond donors (Lipinski definition) is 2. The van der Waals surface area contributed by atoms with E-state index in [0.29, 0.717) is 19.5 Å². The van der Waals surface area contributed by atoms with Gasteiger partial charge in [0, 0.05) is 25.2 Å². The van der Waals surface area contributed by atoms with E-state index in [4.69, 9.17) is 0 Å². The maximum Gasteiger partial charge on any atom is 0.322 e. The first kappa shape index (κ1) is 16.1. The number of carbonyl (C=O) groups excluding carboxylic acids is 2. The minimum Gasteiger partial charge on any atom is -0.354 e. The van der Waals surface area contributed by atoms with Gasteiger partial charge in [-0.05, 0) is 24.1 Å². The number of hydrogen-bond acceptors (Lipinski definition) is 2. The summed E-state index contributed by atoms with van der Waals surface area (Å²) < 4.78 is 0. The van der Waals surface area contributed by atoms with Crippen molar-refractivity contribution in [3.05, 3.63) is 66.2 Å². The summed E-state index contributed by atoms with van der Waals surface area (Å²) in [5.74, 6) is -0.0976. The molecule has 3 amide bonds. The summed E-state index contributed by atoms with van der Waals surface area (Å²) in [6.45, 7) is 1.15. The Hall–Kier alpha value is -2.82. The first-order valence-electron chi connectivity index (χ1n) is 8.18. The standard InChI is InChI=1S/C19H21N3O2/c23-18-17(14-15-8-3-1-4-9-15)22(13-7-12-20-18)19(24)21-16-10-5-2-6-11-16/h1-6,8-11,17H,7,12-14H2,(H,20,23)(H,21,24). The number of amides is 3. The van der Waals surface area contributed by atoms with Crippen LogP contribution in [-0.2, 0) is 11.2 Å². The highest BCUT2D eigenvalue weighted by atomic mass is 16.2. The SMILES string of the molecule is O=C1NCCCN(C(=O)Nc2ccccc2)C1Cc1ccccc1. The summed E-state index contributed by atoms with van der Waals surface area (Å²) >= 11 is 0. The molecule has 3 rings (SSSR count). The maximum absolute atomic E-state index is 12.7. The molecule has 0 bridgehead atoms. The van der Waals surface area contributed by atoms with Gasteiger partial charge >= 0.3 is 6.03 Å². The van der Waals surface area contributed by atoms with Gasteiger partial charge in [0.15, 0.2) is 0 Å². The summed E-state index contributed by atoms with van der Waals surface area (Å²) in [6.07, 6.45) is 1.26. The van der Waals surface area contributed by atoms with Crippen molar-refractivity contribution in [3.8, 4) is 0 Å². The molecule has 2 aromatic rings. The fourth-order valence-corrected chi connectivity index (χ4v) is 2.88. The van der Waals surface area contributed by atoms with Crippen LogP contribution in [0.25, 0.3) is 0 Å². The van der Waals surface area contributed by atoms with E-state index < -0.39 is 6.04 Å². The van der Waals surface area contributed by atoms with Crippen molar-refractivity contribution in [2.75, 3.05) is 18.4 Å². The summed E-state index contributed by atoms with van der Waals surface area (Å²) in [5, 5.41) is 5.79. The molecule has 1 heterocycles. The van der Waals surface area contributed by atoms with Crippen molar-refractivity contribution >= 4 is 17.6 Å². The Morgan fingerprint density at radius 3 is 2.46 bits per heavy atom. The maximum atomic E-state index is 12.7. The smallest absolute Gasteiger partial charge is 0.322 e. The molecule has 1 atom stereocenters. The predicted octanol–water partition coefficient (Wildman–Crippen LogP) is 2.65. The highest BCUT2D eigenvalue weighted by Gasteiger charge is 2.31. The molecule has 1 fully saturated rings. The molecule has 0 aromatic heterocycles. The van der Waals surface area contributed by atoms with Crippen molar-refractivity contribution in [2.24, 2.45) is 0 Å². The van der Waals surface area contributed by atoms with E-state index in [1.54, 1.807) is 4.90 Å². The molecule has 5 nitrogen and oxygen atoms in total. The van der Waals surface area contributed by atoms with Crippen LogP contribution in [0.2, 0.25) is 0 Å². The van der Waals surface area contributed by atoms with Crippen LogP contribution in [0.4, 0.5) is 10.5 Å². The topological polar surface area (TPSA) is 61.4 Å². The van der Waals surface area contributed by atoms with Crippen LogP contribution in [0, 0.1) is 0 Å². The molecule has 0 spiro atoms. The van der Waals surface area contributed by atoms with Crippen LogP contribution in [-0.4, -0.2) is 36.0 Å². The van der Waals surface area contributed by atoms with E-state index in [1.807, 2.05) is 60.7 Å². The van der Waals surface area contributed by atoms with E-state index in [0.717, 1.165) is 17.7 Å². The van der Waals surface area contributed by atoms with Crippen LogP contribution < -0.4 is 10.6 Å². The molecule has 1 unspecified atom stereocenters. The number of nitrogens with zero attached hydrogens (tertiary/aromatic N) is 1. The largest absolute Gasteiger partial charge is 0.354 e. The number of rotatable bonds is 3. The zero-order valence-electron chi connectivity index (χ0n) is 13.4. The third-order valence-corrected chi connectivity index (χ3v) is 4.11. The lowest BCUT2D eigenvalue weighted by Crippen LogP contribution is -2.50. The van der Waals surface area contributed by atoms with Crippen LogP contribution in [0.15, 0.2) is 60.7 Å². The van der Waals surface area contributed by atoms with Crippen molar-refractivity contribution in [3.63, 3.8) is 0 Å². The molecular formula is C19H21N3O2. The van der Waals surface area contributed by atoms with Crippen LogP contribution in [0.1, 0.15) is 12.0 Å². The van der Waals surface area contributed by atoms with Crippen molar-refractivity contribution in [1.29, 1.82) is 0 Å². The van der Waals surface area contributed by atoms with Crippen molar-refractivity contribution < 1.29 is 9.59 Å². The van der Waals surface area contributed by atoms with Crippen LogP contribution >= 0.6 is 0 Å². The lowest BCUT2D eigenvalue weighted by Gasteiger charge is -2.28. The third-order valence-electron chi connectivity index (χ3n) is 4.11. The molecule has 1 aliphatic heterocycles. The molecule has 2 N–H and O–H groups in total. The van der Waals surface area contributed by atoms with Gasteiger partial charge in [-0.25, -0.2) is 4.79 Å². The van der Waals surface area contributed by atoms with Crippen molar-refractivity contribution in [2.45, 2.75) is 18.9 Å². The molecule has 0 aliphatic carbocycles. The zero-order chi connectivity index (χ0) is 16.8. The van der Waals surface area contributed by atoms with Gasteiger partial charge in [-0.1, -0.05) is 48.5 Å². The van der Waals surface area contributed by atoms with Gasteiger partial charge in [-0.3, -0.25) is 4.79 Å². The first-order chi connectivity index (χ1) is 11.7. The normalized spacial score (nSPS) is 17.8. The van der Waals surface area contributed by atoms with Gasteiger partial charge in [-0.2, -0.15) is 0 Å². The fourth-order valence-electron chi connectivity index (χ4n) is 2.88. The fraction of sp³-hybridized carbons (Fsp3) is 0.263. The lowest BCUT2D eigenvalue weighted by atomic mass is 10.0. The number of carbonyl (C=O) groups is 2. The summed E-state index contributed by atoms with van der Waals surface area (Å²) in [7, 11) is 0. The van der Waals surface area contributed by atoms with Gasteiger partial charge in [0.05, 0.1) is 0 Å². The second-order valence-electron chi connectivity index (χ2n) is 5.84. The Morgan fingerprint density at radius 1 is 1.08 bits per heavy atom. The van der Waals surface area contributed by atoms with Gasteiger partial charge in [0.1, 0.15) is 6.04 Å². The second kappa shape index (κ2) is 7.64. The monoisotopic (exact) mass is 323 g/mol. The molecular weight excluding hydrogens is 302 g/mol. The molecule has 0 radical (unpaired) electrons. The van der Waals surface area contributed by atoms with E-state index in [-0.39, 0.29) is 11.9 Å². The zero-order valence-corrected chi connectivity index (χ0v) is 13.4. The Kier molecular flexibility index (Phi) is 5.11. The molecule has 5 heteroatoms. The average molecular weight is 323 g/mol. The number of anilines is 1. The molecule has 1 aliphatic rings. The van der Waals surface area contributed by atoms with Gasteiger partial charge in [0.2, 0.25) is 5.91 Å². The van der Waals surface area contributed by atoms with Gasteiger partial charge in [0.25, 0.3) is 0 Å². The molecule has 24 heavy (non-hydrogen) atoms. The molecule has 0 saturated carbocycles. The second-order valence-corrected chi connectivity index (χ2v) is 5.84. The van der Waals surface area contributed by atoms with Crippen LogP contribution in [0.3, 0.4) is 0 Å². The number of benzene rings is 2. The average Bonchev–Trinajstić information content (AvgIpc) is 2.79. The Balaban J connectivity index is 1.78. The number of para-hydroxylation sites is 1. The Bertz CT molecular complexity index is 688. The predicted molar refractivity (Wildman–Crippen MR) is 93.7 cm³/mol. The number of nitrogens with one attached hydrogen (secondary N) is 2. The van der Waals surface area contributed by atoms with E-state index in [1.165, 1.54) is 0 Å². The minimum atomic E-state index is -0.501. The Morgan fingerprint density at radius 2 is 1.75 bits per heavy atom. The van der Waals surface area contributed by atoms with E-state index in [9.17, 15) is 9.59 Å². The summed E-state index contributed by atoms with van der Waals surface area (Å²) in [4.78, 5) is 26.8. The van der Waals surface area contributed by atoms with E-state index in [2.05, 4.69) is 10.6 Å². The summed E-state index contributed by atoms with van der Waals surface area (Å²) in [6, 6.07) is 18.3. The highest BCUT2D eigenvalue weighted by molar-refractivity contribution is 5.94. The third kappa shape index (κ3) is 3.93. The van der Waals surface area contributed by atoms with Gasteiger partial charge < -0.3 is 15.5 Å². The molecule has 124 valence electrons. The first-order valence-corrected chi connectivity index (χ1v) is 8.18. The van der Waals surface area contributed by atoms with Gasteiger partial charge in [-0.15, -0.1) is 0 Å². The Labute approximate surface area is 141 Å². The molecule has 1 saturated heterocycles.